The largest absolute Gasteiger partial charge is 0.323 e. The minimum absolute atomic E-state index is 0.153. The zero-order valence-corrected chi connectivity index (χ0v) is 12.6. The van der Waals surface area contributed by atoms with Crippen LogP contribution in [-0.2, 0) is 6.42 Å². The van der Waals surface area contributed by atoms with E-state index in [2.05, 4.69) is 62.0 Å². The van der Waals surface area contributed by atoms with Crippen LogP contribution in [0.3, 0.4) is 0 Å². The molecule has 19 heavy (non-hydrogen) atoms. The van der Waals surface area contributed by atoms with Crippen molar-refractivity contribution in [3.05, 3.63) is 35.4 Å². The lowest BCUT2D eigenvalue weighted by molar-refractivity contribution is 0.117. The molecular formula is C16H27N3. The van der Waals surface area contributed by atoms with E-state index in [0.717, 1.165) is 19.5 Å². The molecule has 3 unspecified atom stereocenters. The summed E-state index contributed by atoms with van der Waals surface area (Å²) in [6.07, 6.45) is 1.09. The van der Waals surface area contributed by atoms with Crippen LogP contribution in [0.2, 0.25) is 0 Å². The van der Waals surface area contributed by atoms with Gasteiger partial charge >= 0.3 is 0 Å². The first-order chi connectivity index (χ1) is 9.04. The summed E-state index contributed by atoms with van der Waals surface area (Å²) in [6, 6.07) is 9.75. The third-order valence-electron chi connectivity index (χ3n) is 4.24. The summed E-state index contributed by atoms with van der Waals surface area (Å²) >= 11 is 0. The lowest BCUT2D eigenvalue weighted by Gasteiger charge is -2.37. The maximum Gasteiger partial charge on any atom is 0.0459 e. The number of nitrogens with two attached hydrogens (primary N) is 1. The Morgan fingerprint density at radius 3 is 2.58 bits per heavy atom. The Morgan fingerprint density at radius 2 is 2.00 bits per heavy atom. The van der Waals surface area contributed by atoms with Crippen LogP contribution >= 0.6 is 0 Å². The Morgan fingerprint density at radius 1 is 1.32 bits per heavy atom. The van der Waals surface area contributed by atoms with Crippen molar-refractivity contribution >= 4 is 0 Å². The molecule has 3 heteroatoms. The molecule has 0 bridgehead atoms. The molecule has 3 nitrogen and oxygen atoms in total. The van der Waals surface area contributed by atoms with Crippen LogP contribution < -0.4 is 5.73 Å². The van der Waals surface area contributed by atoms with Gasteiger partial charge in [0.2, 0.25) is 0 Å². The first kappa shape index (κ1) is 14.5. The molecule has 0 saturated carbocycles. The van der Waals surface area contributed by atoms with Gasteiger partial charge in [0, 0.05) is 24.7 Å². The molecule has 1 aliphatic rings. The van der Waals surface area contributed by atoms with Crippen molar-refractivity contribution < 1.29 is 0 Å². The molecule has 3 atom stereocenters. The maximum atomic E-state index is 6.48. The second-order valence-corrected chi connectivity index (χ2v) is 5.94. The highest BCUT2D eigenvalue weighted by Gasteiger charge is 2.34. The lowest BCUT2D eigenvalue weighted by atomic mass is 10.1. The van der Waals surface area contributed by atoms with Gasteiger partial charge in [-0.1, -0.05) is 31.2 Å². The smallest absolute Gasteiger partial charge is 0.0459 e. The standard InChI is InChI=1S/C16H27N3/c1-5-19(12(2)11-18(3)4)15-10-13-8-6-7-9-14(13)16(15)17/h6-9,12,15-16H,5,10-11,17H2,1-4H3. The van der Waals surface area contributed by atoms with E-state index >= 15 is 0 Å². The van der Waals surface area contributed by atoms with Crippen molar-refractivity contribution in [3.63, 3.8) is 0 Å². The zero-order valence-electron chi connectivity index (χ0n) is 12.6. The van der Waals surface area contributed by atoms with Gasteiger partial charge in [0.1, 0.15) is 0 Å². The Labute approximate surface area is 117 Å². The van der Waals surface area contributed by atoms with E-state index in [1.807, 2.05) is 0 Å². The summed E-state index contributed by atoms with van der Waals surface area (Å²) in [5, 5.41) is 0. The summed E-state index contributed by atoms with van der Waals surface area (Å²) < 4.78 is 0. The minimum Gasteiger partial charge on any atom is -0.323 e. The van der Waals surface area contributed by atoms with E-state index < -0.39 is 0 Å². The van der Waals surface area contributed by atoms with E-state index in [-0.39, 0.29) is 6.04 Å². The highest BCUT2D eigenvalue weighted by molar-refractivity contribution is 5.37. The van der Waals surface area contributed by atoms with E-state index in [1.165, 1.54) is 11.1 Å². The molecule has 2 rings (SSSR count). The Balaban J connectivity index is 2.14. The molecule has 0 spiro atoms. The minimum atomic E-state index is 0.153. The highest BCUT2D eigenvalue weighted by atomic mass is 15.2. The predicted molar refractivity (Wildman–Crippen MR) is 81.3 cm³/mol. The van der Waals surface area contributed by atoms with Crippen LogP contribution in [0.4, 0.5) is 0 Å². The quantitative estimate of drug-likeness (QED) is 0.878. The number of benzene rings is 1. The van der Waals surface area contributed by atoms with Crippen molar-refractivity contribution in [1.29, 1.82) is 0 Å². The van der Waals surface area contributed by atoms with Gasteiger partial charge in [0.25, 0.3) is 0 Å². The van der Waals surface area contributed by atoms with Crippen molar-refractivity contribution in [2.45, 2.75) is 38.4 Å². The van der Waals surface area contributed by atoms with Crippen LogP contribution in [0, 0.1) is 0 Å². The monoisotopic (exact) mass is 261 g/mol. The second-order valence-electron chi connectivity index (χ2n) is 5.94. The van der Waals surface area contributed by atoms with Crippen LogP contribution in [0.5, 0.6) is 0 Å². The van der Waals surface area contributed by atoms with Gasteiger partial charge in [-0.05, 0) is 45.1 Å². The fourth-order valence-corrected chi connectivity index (χ4v) is 3.43. The van der Waals surface area contributed by atoms with Gasteiger partial charge in [0.15, 0.2) is 0 Å². The summed E-state index contributed by atoms with van der Waals surface area (Å²) in [6.45, 7) is 6.68. The van der Waals surface area contributed by atoms with Gasteiger partial charge in [0.05, 0.1) is 0 Å². The van der Waals surface area contributed by atoms with E-state index in [0.29, 0.717) is 12.1 Å². The molecule has 106 valence electrons. The molecule has 1 aromatic rings. The molecule has 0 aromatic heterocycles. The van der Waals surface area contributed by atoms with Gasteiger partial charge in [-0.3, -0.25) is 4.90 Å². The molecule has 0 fully saturated rings. The highest BCUT2D eigenvalue weighted by Crippen LogP contribution is 2.33. The molecule has 0 saturated heterocycles. The zero-order chi connectivity index (χ0) is 14.0. The first-order valence-corrected chi connectivity index (χ1v) is 7.28. The van der Waals surface area contributed by atoms with E-state index in [1.54, 1.807) is 0 Å². The average molecular weight is 261 g/mol. The van der Waals surface area contributed by atoms with Gasteiger partial charge in [-0.25, -0.2) is 0 Å². The SMILES string of the molecule is CCN(C(C)CN(C)C)C1Cc2ccccc2C1N. The van der Waals surface area contributed by atoms with Crippen molar-refractivity contribution in [1.82, 2.24) is 9.80 Å². The lowest BCUT2D eigenvalue weighted by Crippen LogP contribution is -2.49. The van der Waals surface area contributed by atoms with Crippen LogP contribution in [-0.4, -0.2) is 49.1 Å². The molecule has 0 radical (unpaired) electrons. The fourth-order valence-electron chi connectivity index (χ4n) is 3.43. The van der Waals surface area contributed by atoms with Crippen LogP contribution in [0.15, 0.2) is 24.3 Å². The summed E-state index contributed by atoms with van der Waals surface area (Å²) in [5.74, 6) is 0. The van der Waals surface area contributed by atoms with Crippen LogP contribution in [0.25, 0.3) is 0 Å². The van der Waals surface area contributed by atoms with Crippen molar-refractivity contribution in [3.8, 4) is 0 Å². The molecule has 0 amide bonds. The Bertz CT molecular complexity index is 416. The third kappa shape index (κ3) is 2.99. The fraction of sp³-hybridized carbons (Fsp3) is 0.625. The molecule has 0 aliphatic heterocycles. The van der Waals surface area contributed by atoms with E-state index in [4.69, 9.17) is 5.73 Å². The average Bonchev–Trinajstić information content (AvgIpc) is 2.68. The normalized spacial score (nSPS) is 23.9. The molecule has 0 heterocycles. The number of likely N-dealkylation sites (N-methyl/N-ethyl adjacent to an activating group) is 2. The maximum absolute atomic E-state index is 6.48. The summed E-state index contributed by atoms with van der Waals surface area (Å²) in [5.41, 5.74) is 9.24. The van der Waals surface area contributed by atoms with Gasteiger partial charge in [-0.2, -0.15) is 0 Å². The summed E-state index contributed by atoms with van der Waals surface area (Å²) in [7, 11) is 4.27. The second kappa shape index (κ2) is 6.04. The molecular weight excluding hydrogens is 234 g/mol. The Kier molecular flexibility index (Phi) is 4.61. The predicted octanol–water partition coefficient (Wildman–Crippen LogP) is 1.88. The molecule has 1 aromatic carbocycles. The topological polar surface area (TPSA) is 32.5 Å². The third-order valence-corrected chi connectivity index (χ3v) is 4.24. The first-order valence-electron chi connectivity index (χ1n) is 7.28. The van der Waals surface area contributed by atoms with Gasteiger partial charge < -0.3 is 10.6 Å². The summed E-state index contributed by atoms with van der Waals surface area (Å²) in [4.78, 5) is 4.81. The van der Waals surface area contributed by atoms with Crippen molar-refractivity contribution in [2.75, 3.05) is 27.2 Å². The number of nitrogens with zero attached hydrogens (tertiary/aromatic N) is 2. The van der Waals surface area contributed by atoms with Crippen molar-refractivity contribution in [2.24, 2.45) is 5.73 Å². The number of rotatable bonds is 5. The number of hydrogen-bond donors (Lipinski definition) is 1. The van der Waals surface area contributed by atoms with E-state index in [9.17, 15) is 0 Å². The number of hydrogen-bond acceptors (Lipinski definition) is 3. The molecule has 2 N–H and O–H groups in total. The number of fused-ring (bicyclic) bond motifs is 1. The van der Waals surface area contributed by atoms with Crippen LogP contribution in [0.1, 0.15) is 31.0 Å². The van der Waals surface area contributed by atoms with Gasteiger partial charge in [-0.15, -0.1) is 0 Å². The Hall–Kier alpha value is -0.900. The molecule has 1 aliphatic carbocycles.